The Bertz CT molecular complexity index is 1410. The van der Waals surface area contributed by atoms with Gasteiger partial charge in [0, 0.05) is 89.1 Å². The summed E-state index contributed by atoms with van der Waals surface area (Å²) in [5.74, 6) is -0.474. The maximum absolute atomic E-state index is 11.7. The maximum atomic E-state index is 11.7. The van der Waals surface area contributed by atoms with Crippen LogP contribution < -0.4 is 10.6 Å². The summed E-state index contributed by atoms with van der Waals surface area (Å²) in [6.07, 6.45) is 3.80. The lowest BCUT2D eigenvalue weighted by atomic mass is 10.1. The van der Waals surface area contributed by atoms with Crippen LogP contribution in [0.5, 0.6) is 0 Å². The Morgan fingerprint density at radius 2 is 1.55 bits per heavy atom. The Morgan fingerprint density at radius 1 is 0.825 bits per heavy atom. The standard InChI is InChI=1S/C31H37N7O2/c32-30(39)28-7-4-12-37-24-29(33-31(28)37)26-8-10-27(11-9-26)36-17-19-38(20-18-36)40-22-21-34-13-15-35(16-14-34)23-25-5-2-1-3-6-25/h1-12,24H,13-23H2,(H2,32,39). The lowest BCUT2D eigenvalue weighted by molar-refractivity contribution is -0.165. The Morgan fingerprint density at radius 3 is 2.27 bits per heavy atom. The summed E-state index contributed by atoms with van der Waals surface area (Å²) in [6.45, 7) is 10.8. The van der Waals surface area contributed by atoms with E-state index in [9.17, 15) is 4.79 Å². The van der Waals surface area contributed by atoms with Crippen LogP contribution in [0.3, 0.4) is 0 Å². The molecule has 9 nitrogen and oxygen atoms in total. The fourth-order valence-corrected chi connectivity index (χ4v) is 5.57. The smallest absolute Gasteiger partial charge is 0.252 e. The molecule has 208 valence electrons. The van der Waals surface area contributed by atoms with Crippen LogP contribution in [0.25, 0.3) is 16.9 Å². The van der Waals surface area contributed by atoms with Gasteiger partial charge in [0.15, 0.2) is 0 Å². The van der Waals surface area contributed by atoms with Gasteiger partial charge in [-0.3, -0.25) is 19.4 Å². The molecule has 2 saturated heterocycles. The number of imidazole rings is 1. The van der Waals surface area contributed by atoms with Crippen LogP contribution in [0.1, 0.15) is 15.9 Å². The molecule has 0 unspecified atom stereocenters. The van der Waals surface area contributed by atoms with Gasteiger partial charge in [-0.05, 0) is 29.8 Å². The van der Waals surface area contributed by atoms with Crippen molar-refractivity contribution < 1.29 is 9.63 Å². The van der Waals surface area contributed by atoms with Gasteiger partial charge in [-0.2, -0.15) is 5.06 Å². The van der Waals surface area contributed by atoms with Crippen molar-refractivity contribution >= 4 is 17.2 Å². The van der Waals surface area contributed by atoms with Gasteiger partial charge >= 0.3 is 0 Å². The molecule has 2 fully saturated rings. The molecule has 4 aromatic rings. The van der Waals surface area contributed by atoms with E-state index < -0.39 is 5.91 Å². The molecule has 2 aliphatic rings. The highest BCUT2D eigenvalue weighted by molar-refractivity contribution is 5.98. The SMILES string of the molecule is NC(=O)c1cccn2cc(-c3ccc(N4CCN(OCCN5CCN(Cc6ccccc6)CC5)CC4)cc3)nc12. The van der Waals surface area contributed by atoms with E-state index in [4.69, 9.17) is 10.6 Å². The predicted octanol–water partition coefficient (Wildman–Crippen LogP) is 2.97. The predicted molar refractivity (Wildman–Crippen MR) is 157 cm³/mol. The van der Waals surface area contributed by atoms with E-state index >= 15 is 0 Å². The number of anilines is 1. The minimum Gasteiger partial charge on any atom is -0.369 e. The van der Waals surface area contributed by atoms with E-state index in [-0.39, 0.29) is 0 Å². The summed E-state index contributed by atoms with van der Waals surface area (Å²) in [5, 5.41) is 2.11. The lowest BCUT2D eigenvalue weighted by Gasteiger charge is -2.37. The first-order valence-corrected chi connectivity index (χ1v) is 14.1. The number of primary amides is 1. The van der Waals surface area contributed by atoms with Crippen LogP contribution in [-0.4, -0.2) is 95.7 Å². The second-order valence-corrected chi connectivity index (χ2v) is 10.5. The summed E-state index contributed by atoms with van der Waals surface area (Å²) in [7, 11) is 0. The quantitative estimate of drug-likeness (QED) is 0.350. The maximum Gasteiger partial charge on any atom is 0.252 e. The highest BCUT2D eigenvalue weighted by atomic mass is 16.7. The van der Waals surface area contributed by atoms with Crippen molar-refractivity contribution in [3.63, 3.8) is 0 Å². The number of aromatic nitrogens is 2. The molecule has 4 heterocycles. The van der Waals surface area contributed by atoms with Crippen LogP contribution in [0, 0.1) is 0 Å². The van der Waals surface area contributed by atoms with Gasteiger partial charge in [-0.25, -0.2) is 4.98 Å². The molecule has 9 heteroatoms. The highest BCUT2D eigenvalue weighted by Crippen LogP contribution is 2.25. The summed E-state index contributed by atoms with van der Waals surface area (Å²) in [6, 6.07) is 22.7. The molecule has 1 amide bonds. The Balaban J connectivity index is 0.933. The van der Waals surface area contributed by atoms with Crippen LogP contribution in [-0.2, 0) is 11.4 Å². The average Bonchev–Trinajstić information content (AvgIpc) is 3.44. The Labute approximate surface area is 235 Å². The molecule has 2 aliphatic heterocycles. The van der Waals surface area contributed by atoms with Crippen molar-refractivity contribution in [3.05, 3.63) is 90.3 Å². The van der Waals surface area contributed by atoms with Gasteiger partial charge in [-0.1, -0.05) is 42.5 Å². The van der Waals surface area contributed by atoms with E-state index in [1.165, 1.54) is 11.3 Å². The molecule has 0 bridgehead atoms. The number of hydrogen-bond acceptors (Lipinski definition) is 7. The number of piperazine rings is 2. The number of amides is 1. The second-order valence-electron chi connectivity index (χ2n) is 10.5. The van der Waals surface area contributed by atoms with E-state index in [0.717, 1.165) is 83.3 Å². The van der Waals surface area contributed by atoms with E-state index in [0.29, 0.717) is 11.2 Å². The zero-order valence-electron chi connectivity index (χ0n) is 22.9. The highest BCUT2D eigenvalue weighted by Gasteiger charge is 2.20. The lowest BCUT2D eigenvalue weighted by Crippen LogP contribution is -2.49. The molecule has 2 aromatic heterocycles. The van der Waals surface area contributed by atoms with Crippen molar-refractivity contribution in [2.45, 2.75) is 6.54 Å². The molecule has 6 rings (SSSR count). The molecule has 0 saturated carbocycles. The number of hydrogen-bond donors (Lipinski definition) is 1. The number of benzene rings is 2. The van der Waals surface area contributed by atoms with Gasteiger partial charge < -0.3 is 15.0 Å². The third kappa shape index (κ3) is 6.18. The first-order chi connectivity index (χ1) is 19.6. The first-order valence-electron chi connectivity index (χ1n) is 14.1. The van der Waals surface area contributed by atoms with E-state index in [1.807, 2.05) is 16.8 Å². The Hall–Kier alpha value is -3.76. The van der Waals surface area contributed by atoms with Crippen molar-refractivity contribution in [3.8, 4) is 11.3 Å². The number of nitrogens with zero attached hydrogens (tertiary/aromatic N) is 6. The molecule has 0 spiro atoms. The topological polar surface area (TPSA) is 82.6 Å². The van der Waals surface area contributed by atoms with Gasteiger partial charge in [0.2, 0.25) is 0 Å². The zero-order chi connectivity index (χ0) is 27.3. The van der Waals surface area contributed by atoms with Crippen LogP contribution in [0.15, 0.2) is 79.1 Å². The molecule has 0 atom stereocenters. The minimum atomic E-state index is -0.474. The largest absolute Gasteiger partial charge is 0.369 e. The number of rotatable bonds is 9. The number of fused-ring (bicyclic) bond motifs is 1. The van der Waals surface area contributed by atoms with E-state index in [2.05, 4.69) is 79.3 Å². The van der Waals surface area contributed by atoms with Gasteiger partial charge in [0.25, 0.3) is 5.91 Å². The van der Waals surface area contributed by atoms with E-state index in [1.54, 1.807) is 12.1 Å². The average molecular weight is 540 g/mol. The fraction of sp³-hybridized carbons (Fsp3) is 0.355. The van der Waals surface area contributed by atoms with Crippen LogP contribution in [0.2, 0.25) is 0 Å². The summed E-state index contributed by atoms with van der Waals surface area (Å²) in [4.78, 5) is 30.0. The third-order valence-electron chi connectivity index (χ3n) is 7.91. The summed E-state index contributed by atoms with van der Waals surface area (Å²) >= 11 is 0. The van der Waals surface area contributed by atoms with Crippen LogP contribution in [0.4, 0.5) is 5.69 Å². The molecular weight excluding hydrogens is 502 g/mol. The Kier molecular flexibility index (Phi) is 8.06. The molecular formula is C31H37N7O2. The van der Waals surface area contributed by atoms with Crippen LogP contribution >= 0.6 is 0 Å². The van der Waals surface area contributed by atoms with Crippen molar-refractivity contribution in [2.75, 3.05) is 70.4 Å². The van der Waals surface area contributed by atoms with Crippen molar-refractivity contribution in [1.29, 1.82) is 0 Å². The molecule has 0 radical (unpaired) electrons. The normalized spacial score (nSPS) is 17.4. The number of carbonyl (C=O) groups excluding carboxylic acids is 1. The number of nitrogens with two attached hydrogens (primary N) is 1. The van der Waals surface area contributed by atoms with Gasteiger partial charge in [-0.15, -0.1) is 0 Å². The minimum absolute atomic E-state index is 0.423. The third-order valence-corrected chi connectivity index (χ3v) is 7.91. The number of carbonyl (C=O) groups is 1. The monoisotopic (exact) mass is 539 g/mol. The first kappa shape index (κ1) is 26.5. The number of pyridine rings is 1. The van der Waals surface area contributed by atoms with Gasteiger partial charge in [0.05, 0.1) is 17.9 Å². The van der Waals surface area contributed by atoms with Crippen molar-refractivity contribution in [1.82, 2.24) is 24.2 Å². The second kappa shape index (κ2) is 12.2. The summed E-state index contributed by atoms with van der Waals surface area (Å²) < 4.78 is 1.84. The summed E-state index contributed by atoms with van der Waals surface area (Å²) in [5.41, 5.74) is 10.9. The molecule has 0 aliphatic carbocycles. The molecule has 40 heavy (non-hydrogen) atoms. The van der Waals surface area contributed by atoms with Crippen molar-refractivity contribution in [2.24, 2.45) is 5.73 Å². The van der Waals surface area contributed by atoms with Gasteiger partial charge in [0.1, 0.15) is 5.65 Å². The molecule has 2 N–H and O–H groups in total. The number of hydroxylamine groups is 2. The fourth-order valence-electron chi connectivity index (χ4n) is 5.57. The molecule has 2 aromatic carbocycles. The zero-order valence-corrected chi connectivity index (χ0v) is 22.9.